The van der Waals surface area contributed by atoms with Crippen LogP contribution in [0.4, 0.5) is 4.39 Å². The van der Waals surface area contributed by atoms with Crippen molar-refractivity contribution in [3.8, 4) is 0 Å². The summed E-state index contributed by atoms with van der Waals surface area (Å²) in [5, 5.41) is 3.37. The molecule has 1 aromatic carbocycles. The summed E-state index contributed by atoms with van der Waals surface area (Å²) >= 11 is 0. The SMILES string of the molecule is CC(C)C(C)(CN)NC(=O)c1cc(=O)[nH]c2cc(F)ccc12. The van der Waals surface area contributed by atoms with Gasteiger partial charge in [-0.3, -0.25) is 9.59 Å². The van der Waals surface area contributed by atoms with E-state index < -0.39 is 22.8 Å². The molecule has 0 saturated heterocycles. The summed E-state index contributed by atoms with van der Waals surface area (Å²) in [6.45, 7) is 6.04. The number of carbonyl (C=O) groups excluding carboxylic acids is 1. The summed E-state index contributed by atoms with van der Waals surface area (Å²) in [5.41, 5.74) is 5.21. The van der Waals surface area contributed by atoms with E-state index in [4.69, 9.17) is 5.73 Å². The number of carbonyl (C=O) groups is 1. The molecule has 6 heteroatoms. The number of pyridine rings is 1. The minimum Gasteiger partial charge on any atom is -0.345 e. The van der Waals surface area contributed by atoms with Gasteiger partial charge in [0.1, 0.15) is 5.82 Å². The molecule has 1 heterocycles. The second-order valence-corrected chi connectivity index (χ2v) is 5.97. The first kappa shape index (κ1) is 16.2. The lowest BCUT2D eigenvalue weighted by molar-refractivity contribution is 0.0884. The van der Waals surface area contributed by atoms with Gasteiger partial charge in [-0.15, -0.1) is 0 Å². The van der Waals surface area contributed by atoms with E-state index in [0.717, 1.165) is 0 Å². The number of rotatable bonds is 4. The summed E-state index contributed by atoms with van der Waals surface area (Å²) in [6.07, 6.45) is 0. The quantitative estimate of drug-likeness (QED) is 0.804. The molecule has 1 unspecified atom stereocenters. The zero-order valence-electron chi connectivity index (χ0n) is 12.9. The van der Waals surface area contributed by atoms with Gasteiger partial charge in [0, 0.05) is 18.0 Å². The van der Waals surface area contributed by atoms with Crippen molar-refractivity contribution in [1.82, 2.24) is 10.3 Å². The molecule has 0 spiro atoms. The molecule has 1 amide bonds. The molecule has 0 aliphatic heterocycles. The molecule has 0 aliphatic rings. The third kappa shape index (κ3) is 3.01. The topological polar surface area (TPSA) is 88.0 Å². The molecule has 1 aromatic heterocycles. The van der Waals surface area contributed by atoms with Crippen molar-refractivity contribution < 1.29 is 9.18 Å². The monoisotopic (exact) mass is 305 g/mol. The smallest absolute Gasteiger partial charge is 0.252 e. The number of fused-ring (bicyclic) bond motifs is 1. The molecule has 0 bridgehead atoms. The number of nitrogens with two attached hydrogens (primary N) is 1. The number of H-pyrrole nitrogens is 1. The Kier molecular flexibility index (Phi) is 4.32. The van der Waals surface area contributed by atoms with E-state index in [9.17, 15) is 14.0 Å². The highest BCUT2D eigenvalue weighted by molar-refractivity contribution is 6.06. The van der Waals surface area contributed by atoms with Crippen LogP contribution in [0.1, 0.15) is 31.1 Å². The van der Waals surface area contributed by atoms with Gasteiger partial charge in [-0.25, -0.2) is 4.39 Å². The van der Waals surface area contributed by atoms with Gasteiger partial charge in [0.05, 0.1) is 16.6 Å². The fraction of sp³-hybridized carbons (Fsp3) is 0.375. The normalized spacial score (nSPS) is 14.1. The number of nitrogens with one attached hydrogen (secondary N) is 2. The molecule has 2 aromatic rings. The van der Waals surface area contributed by atoms with Gasteiger partial charge >= 0.3 is 0 Å². The van der Waals surface area contributed by atoms with Crippen molar-refractivity contribution in [3.05, 3.63) is 46.0 Å². The molecule has 0 fully saturated rings. The molecular formula is C16H20FN3O2. The van der Waals surface area contributed by atoms with E-state index >= 15 is 0 Å². The highest BCUT2D eigenvalue weighted by Gasteiger charge is 2.29. The summed E-state index contributed by atoms with van der Waals surface area (Å²) in [7, 11) is 0. The number of benzene rings is 1. The second-order valence-electron chi connectivity index (χ2n) is 5.97. The summed E-state index contributed by atoms with van der Waals surface area (Å²) < 4.78 is 13.3. The van der Waals surface area contributed by atoms with E-state index in [1.165, 1.54) is 24.3 Å². The van der Waals surface area contributed by atoms with Crippen molar-refractivity contribution >= 4 is 16.8 Å². The van der Waals surface area contributed by atoms with E-state index in [0.29, 0.717) is 5.39 Å². The average Bonchev–Trinajstić information content (AvgIpc) is 2.45. The van der Waals surface area contributed by atoms with Crippen molar-refractivity contribution in [3.63, 3.8) is 0 Å². The highest BCUT2D eigenvalue weighted by atomic mass is 19.1. The first-order valence-corrected chi connectivity index (χ1v) is 7.12. The molecule has 5 nitrogen and oxygen atoms in total. The van der Waals surface area contributed by atoms with Crippen LogP contribution in [-0.4, -0.2) is 23.0 Å². The van der Waals surface area contributed by atoms with Crippen molar-refractivity contribution in [2.75, 3.05) is 6.54 Å². The van der Waals surface area contributed by atoms with Gasteiger partial charge in [0.15, 0.2) is 0 Å². The highest BCUT2D eigenvalue weighted by Crippen LogP contribution is 2.19. The molecule has 1 atom stereocenters. The maximum absolute atomic E-state index is 13.3. The van der Waals surface area contributed by atoms with E-state index in [-0.39, 0.29) is 23.5 Å². The van der Waals surface area contributed by atoms with Crippen LogP contribution in [0.3, 0.4) is 0 Å². The third-order valence-corrected chi connectivity index (χ3v) is 4.15. The molecule has 4 N–H and O–H groups in total. The van der Waals surface area contributed by atoms with Gasteiger partial charge in [-0.1, -0.05) is 13.8 Å². The first-order valence-electron chi connectivity index (χ1n) is 7.12. The summed E-state index contributed by atoms with van der Waals surface area (Å²) in [6, 6.07) is 5.14. The minimum absolute atomic E-state index is 0.118. The van der Waals surface area contributed by atoms with Gasteiger partial charge in [0.25, 0.3) is 5.91 Å². The number of hydrogen-bond acceptors (Lipinski definition) is 3. The van der Waals surface area contributed by atoms with Crippen molar-refractivity contribution in [2.24, 2.45) is 11.7 Å². The summed E-state index contributed by atoms with van der Waals surface area (Å²) in [4.78, 5) is 26.8. The standard InChI is InChI=1S/C16H20FN3O2/c1-9(2)16(3,8-18)20-15(22)12-7-14(21)19-13-6-10(17)4-5-11(12)13/h4-7,9H,8,18H2,1-3H3,(H,19,21)(H,20,22). The van der Waals surface area contributed by atoms with E-state index in [1.807, 2.05) is 20.8 Å². The van der Waals surface area contributed by atoms with Crippen LogP contribution >= 0.6 is 0 Å². The van der Waals surface area contributed by atoms with Crippen LogP contribution in [0.15, 0.2) is 29.1 Å². The molecule has 118 valence electrons. The Labute approximate surface area is 127 Å². The zero-order chi connectivity index (χ0) is 16.5. The van der Waals surface area contributed by atoms with Crippen LogP contribution in [0.2, 0.25) is 0 Å². The lowest BCUT2D eigenvalue weighted by Crippen LogP contribution is -2.55. The number of aromatic amines is 1. The molecular weight excluding hydrogens is 285 g/mol. The lowest BCUT2D eigenvalue weighted by Gasteiger charge is -2.33. The number of amides is 1. The Bertz CT molecular complexity index is 770. The van der Waals surface area contributed by atoms with Gasteiger partial charge in [0.2, 0.25) is 5.56 Å². The number of halogens is 1. The van der Waals surface area contributed by atoms with Gasteiger partial charge in [-0.05, 0) is 31.0 Å². The Hall–Kier alpha value is -2.21. The zero-order valence-corrected chi connectivity index (χ0v) is 12.9. The molecule has 22 heavy (non-hydrogen) atoms. The fourth-order valence-corrected chi connectivity index (χ4v) is 2.18. The molecule has 0 saturated carbocycles. The number of aromatic nitrogens is 1. The van der Waals surface area contributed by atoms with Crippen LogP contribution in [0.5, 0.6) is 0 Å². The molecule has 0 aliphatic carbocycles. The Morgan fingerprint density at radius 3 is 2.68 bits per heavy atom. The van der Waals surface area contributed by atoms with E-state index in [1.54, 1.807) is 0 Å². The van der Waals surface area contributed by atoms with Crippen LogP contribution < -0.4 is 16.6 Å². The van der Waals surface area contributed by atoms with Crippen molar-refractivity contribution in [2.45, 2.75) is 26.3 Å². The fourth-order valence-electron chi connectivity index (χ4n) is 2.18. The maximum atomic E-state index is 13.3. The van der Waals surface area contributed by atoms with Crippen LogP contribution in [-0.2, 0) is 0 Å². The first-order chi connectivity index (χ1) is 10.3. The molecule has 0 radical (unpaired) electrons. The summed E-state index contributed by atoms with van der Waals surface area (Å²) in [5.74, 6) is -0.758. The average molecular weight is 305 g/mol. The Morgan fingerprint density at radius 1 is 1.41 bits per heavy atom. The van der Waals surface area contributed by atoms with Crippen LogP contribution in [0, 0.1) is 11.7 Å². The van der Waals surface area contributed by atoms with E-state index in [2.05, 4.69) is 10.3 Å². The van der Waals surface area contributed by atoms with Gasteiger partial charge < -0.3 is 16.0 Å². The lowest BCUT2D eigenvalue weighted by atomic mass is 9.88. The maximum Gasteiger partial charge on any atom is 0.252 e. The largest absolute Gasteiger partial charge is 0.345 e. The van der Waals surface area contributed by atoms with Crippen LogP contribution in [0.25, 0.3) is 10.9 Å². The Balaban J connectivity index is 2.50. The van der Waals surface area contributed by atoms with Gasteiger partial charge in [-0.2, -0.15) is 0 Å². The Morgan fingerprint density at radius 2 is 2.09 bits per heavy atom. The second kappa shape index (κ2) is 5.88. The predicted molar refractivity (Wildman–Crippen MR) is 84.3 cm³/mol. The number of hydrogen-bond donors (Lipinski definition) is 3. The predicted octanol–water partition coefficient (Wildman–Crippen LogP) is 1.77. The third-order valence-electron chi connectivity index (χ3n) is 4.15. The minimum atomic E-state index is -0.591. The molecule has 2 rings (SSSR count). The van der Waals surface area contributed by atoms with Crippen molar-refractivity contribution in [1.29, 1.82) is 0 Å².